The van der Waals surface area contributed by atoms with Crippen LogP contribution in [0, 0.1) is 6.92 Å². The first-order valence-corrected chi connectivity index (χ1v) is 10.3. The van der Waals surface area contributed by atoms with E-state index >= 15 is 0 Å². The van der Waals surface area contributed by atoms with Crippen molar-refractivity contribution in [1.82, 2.24) is 15.1 Å². The Balaban J connectivity index is 1.56. The lowest BCUT2D eigenvalue weighted by molar-refractivity contribution is -0.129. The van der Waals surface area contributed by atoms with E-state index < -0.39 is 0 Å². The summed E-state index contributed by atoms with van der Waals surface area (Å²) in [5.74, 6) is 0.0762. The summed E-state index contributed by atoms with van der Waals surface area (Å²) in [5, 5.41) is 12.1. The fraction of sp³-hybridized carbons (Fsp3) is 0.250. The van der Waals surface area contributed by atoms with Crippen molar-refractivity contribution in [2.75, 3.05) is 12.4 Å². The Morgan fingerprint density at radius 2 is 1.96 bits per heavy atom. The van der Waals surface area contributed by atoms with Gasteiger partial charge in [-0.05, 0) is 37.1 Å². The number of nitrogens with one attached hydrogen (secondary N) is 1. The van der Waals surface area contributed by atoms with Crippen LogP contribution in [0.15, 0.2) is 58.9 Å². The quantitative estimate of drug-likeness (QED) is 0.583. The zero-order chi connectivity index (χ0) is 19.2. The highest BCUT2D eigenvalue weighted by Crippen LogP contribution is 2.31. The van der Waals surface area contributed by atoms with Gasteiger partial charge in [0.25, 0.3) is 0 Å². The molecular formula is C20H22N4OS2. The van der Waals surface area contributed by atoms with Crippen molar-refractivity contribution in [1.29, 1.82) is 0 Å². The number of anilines is 2. The number of aromatic nitrogens is 2. The predicted octanol–water partition coefficient (Wildman–Crippen LogP) is 4.73. The lowest BCUT2D eigenvalue weighted by atomic mass is 10.2. The SMILES string of the molecule is Cc1cccc(Nc2nnc(SC(C)C(=O)N(C)Cc3ccccc3)s2)c1. The molecule has 0 aliphatic rings. The van der Waals surface area contributed by atoms with Gasteiger partial charge in [-0.3, -0.25) is 4.79 Å². The number of hydrogen-bond donors (Lipinski definition) is 1. The van der Waals surface area contributed by atoms with Crippen molar-refractivity contribution in [3.63, 3.8) is 0 Å². The van der Waals surface area contributed by atoms with Gasteiger partial charge in [0.1, 0.15) is 0 Å². The molecule has 0 saturated heterocycles. The van der Waals surface area contributed by atoms with Gasteiger partial charge in [0.05, 0.1) is 5.25 Å². The highest BCUT2D eigenvalue weighted by Gasteiger charge is 2.20. The Bertz CT molecular complexity index is 898. The molecule has 3 rings (SSSR count). The summed E-state index contributed by atoms with van der Waals surface area (Å²) < 4.78 is 0.777. The summed E-state index contributed by atoms with van der Waals surface area (Å²) in [4.78, 5) is 14.4. The number of aryl methyl sites for hydroxylation is 1. The molecule has 1 aromatic heterocycles. The summed E-state index contributed by atoms with van der Waals surface area (Å²) in [5.41, 5.74) is 3.28. The first kappa shape index (κ1) is 19.4. The molecule has 1 unspecified atom stereocenters. The van der Waals surface area contributed by atoms with Crippen LogP contribution in [0.3, 0.4) is 0 Å². The van der Waals surface area contributed by atoms with Gasteiger partial charge in [0.2, 0.25) is 11.0 Å². The van der Waals surface area contributed by atoms with Crippen molar-refractivity contribution < 1.29 is 4.79 Å². The minimum absolute atomic E-state index is 0.0762. The molecule has 3 aromatic rings. The third kappa shape index (κ3) is 5.55. The second kappa shape index (κ2) is 9.01. The van der Waals surface area contributed by atoms with Crippen LogP contribution in [-0.4, -0.2) is 33.3 Å². The molecule has 1 heterocycles. The molecule has 5 nitrogen and oxygen atoms in total. The van der Waals surface area contributed by atoms with Crippen LogP contribution in [0.5, 0.6) is 0 Å². The third-order valence-corrected chi connectivity index (χ3v) is 5.95. The number of benzene rings is 2. The molecule has 140 valence electrons. The summed E-state index contributed by atoms with van der Waals surface area (Å²) in [7, 11) is 1.83. The van der Waals surface area contributed by atoms with Crippen LogP contribution in [0.2, 0.25) is 0 Å². The molecule has 0 bridgehead atoms. The van der Waals surface area contributed by atoms with Crippen molar-refractivity contribution in [2.24, 2.45) is 0 Å². The largest absolute Gasteiger partial charge is 0.340 e. The van der Waals surface area contributed by atoms with E-state index in [4.69, 9.17) is 0 Å². The molecule has 1 amide bonds. The van der Waals surface area contributed by atoms with Gasteiger partial charge in [-0.2, -0.15) is 0 Å². The number of nitrogens with zero attached hydrogens (tertiary/aromatic N) is 3. The fourth-order valence-corrected chi connectivity index (χ4v) is 4.63. The zero-order valence-electron chi connectivity index (χ0n) is 15.5. The van der Waals surface area contributed by atoms with E-state index in [0.717, 1.165) is 20.7 Å². The summed E-state index contributed by atoms with van der Waals surface area (Å²) in [6.07, 6.45) is 0. The Kier molecular flexibility index (Phi) is 6.47. The Morgan fingerprint density at radius 3 is 2.70 bits per heavy atom. The van der Waals surface area contributed by atoms with E-state index in [-0.39, 0.29) is 11.2 Å². The number of hydrogen-bond acceptors (Lipinski definition) is 6. The first-order chi connectivity index (χ1) is 13.0. The Hall–Kier alpha value is -2.38. The highest BCUT2D eigenvalue weighted by atomic mass is 32.2. The van der Waals surface area contributed by atoms with Crippen molar-refractivity contribution in [3.8, 4) is 0 Å². The molecule has 0 fully saturated rings. The van der Waals surface area contributed by atoms with E-state index in [1.807, 2.05) is 69.4 Å². The topological polar surface area (TPSA) is 58.1 Å². The van der Waals surface area contributed by atoms with Crippen LogP contribution in [-0.2, 0) is 11.3 Å². The predicted molar refractivity (Wildman–Crippen MR) is 113 cm³/mol. The second-order valence-electron chi connectivity index (χ2n) is 6.31. The summed E-state index contributed by atoms with van der Waals surface area (Å²) in [6.45, 7) is 4.55. The van der Waals surface area contributed by atoms with Gasteiger partial charge < -0.3 is 10.2 Å². The van der Waals surface area contributed by atoms with E-state index in [9.17, 15) is 4.79 Å². The lowest BCUT2D eigenvalue weighted by Crippen LogP contribution is -2.32. The normalized spacial score (nSPS) is 11.8. The number of carbonyl (C=O) groups excluding carboxylic acids is 1. The molecule has 1 N–H and O–H groups in total. The average molecular weight is 399 g/mol. The second-order valence-corrected chi connectivity index (χ2v) is 8.87. The van der Waals surface area contributed by atoms with E-state index in [2.05, 4.69) is 21.6 Å². The van der Waals surface area contributed by atoms with Crippen molar-refractivity contribution >= 4 is 39.8 Å². The highest BCUT2D eigenvalue weighted by molar-refractivity contribution is 8.02. The maximum Gasteiger partial charge on any atom is 0.235 e. The van der Waals surface area contributed by atoms with Gasteiger partial charge in [0, 0.05) is 19.3 Å². The Morgan fingerprint density at radius 1 is 1.19 bits per heavy atom. The molecule has 27 heavy (non-hydrogen) atoms. The summed E-state index contributed by atoms with van der Waals surface area (Å²) >= 11 is 2.89. The number of thioether (sulfide) groups is 1. The van der Waals surface area contributed by atoms with E-state index in [1.54, 1.807) is 4.90 Å². The third-order valence-electron chi connectivity index (χ3n) is 3.94. The van der Waals surface area contributed by atoms with Crippen LogP contribution < -0.4 is 5.32 Å². The molecule has 7 heteroatoms. The number of amides is 1. The van der Waals surface area contributed by atoms with Crippen molar-refractivity contribution in [2.45, 2.75) is 30.0 Å². The van der Waals surface area contributed by atoms with E-state index in [1.165, 1.54) is 28.7 Å². The van der Waals surface area contributed by atoms with Crippen LogP contribution >= 0.6 is 23.1 Å². The maximum absolute atomic E-state index is 12.6. The fourth-order valence-electron chi connectivity index (χ4n) is 2.60. The minimum Gasteiger partial charge on any atom is -0.340 e. The monoisotopic (exact) mass is 398 g/mol. The molecule has 1 atom stereocenters. The van der Waals surface area contributed by atoms with Gasteiger partial charge in [0.15, 0.2) is 4.34 Å². The standard InChI is InChI=1S/C20H22N4OS2/c1-14-8-7-11-17(12-14)21-19-22-23-20(27-19)26-15(2)18(25)24(3)13-16-9-5-4-6-10-16/h4-12,15H,13H2,1-3H3,(H,21,22). The van der Waals surface area contributed by atoms with Gasteiger partial charge in [-0.15, -0.1) is 10.2 Å². The molecule has 0 radical (unpaired) electrons. The van der Waals surface area contributed by atoms with Gasteiger partial charge in [-0.25, -0.2) is 0 Å². The molecule has 2 aromatic carbocycles. The molecule has 0 saturated carbocycles. The number of rotatable bonds is 7. The molecular weight excluding hydrogens is 376 g/mol. The van der Waals surface area contributed by atoms with Crippen LogP contribution in [0.25, 0.3) is 0 Å². The van der Waals surface area contributed by atoms with Crippen LogP contribution in [0.4, 0.5) is 10.8 Å². The number of carbonyl (C=O) groups is 1. The average Bonchev–Trinajstić information content (AvgIpc) is 3.08. The smallest absolute Gasteiger partial charge is 0.235 e. The van der Waals surface area contributed by atoms with E-state index in [0.29, 0.717) is 6.54 Å². The van der Waals surface area contributed by atoms with Crippen molar-refractivity contribution in [3.05, 3.63) is 65.7 Å². The molecule has 0 spiro atoms. The molecule has 0 aliphatic carbocycles. The molecule has 0 aliphatic heterocycles. The van der Waals surface area contributed by atoms with Gasteiger partial charge >= 0.3 is 0 Å². The van der Waals surface area contributed by atoms with Crippen LogP contribution in [0.1, 0.15) is 18.1 Å². The maximum atomic E-state index is 12.6. The Labute approximate surface area is 167 Å². The lowest BCUT2D eigenvalue weighted by Gasteiger charge is -2.20. The zero-order valence-corrected chi connectivity index (χ0v) is 17.2. The minimum atomic E-state index is -0.224. The van der Waals surface area contributed by atoms with Gasteiger partial charge in [-0.1, -0.05) is 65.6 Å². The first-order valence-electron chi connectivity index (χ1n) is 8.64. The summed E-state index contributed by atoms with van der Waals surface area (Å²) in [6, 6.07) is 18.1.